The van der Waals surface area contributed by atoms with E-state index >= 15 is 0 Å². The molecule has 1 aromatic rings. The minimum absolute atomic E-state index is 0.229. The Hall–Kier alpha value is -1.59. The van der Waals surface area contributed by atoms with Gasteiger partial charge in [-0.1, -0.05) is 32.0 Å². The molecule has 0 unspecified atom stereocenters. The normalized spacial score (nSPS) is 16.2. The molecule has 0 spiro atoms. The molecule has 2 rings (SSSR count). The average molecular weight is 333 g/mol. The van der Waals surface area contributed by atoms with E-state index in [1.165, 1.54) is 5.56 Å². The molecule has 1 aromatic carbocycles. The molecule has 0 bridgehead atoms. The van der Waals surface area contributed by atoms with Gasteiger partial charge in [-0.2, -0.15) is 0 Å². The van der Waals surface area contributed by atoms with E-state index in [2.05, 4.69) is 24.8 Å². The number of carbonyl (C=O) groups is 1. The largest absolute Gasteiger partial charge is 0.496 e. The van der Waals surface area contributed by atoms with Crippen molar-refractivity contribution in [2.45, 2.75) is 33.2 Å². The Labute approximate surface area is 145 Å². The van der Waals surface area contributed by atoms with Crippen molar-refractivity contribution < 1.29 is 9.53 Å². The summed E-state index contributed by atoms with van der Waals surface area (Å²) in [5.74, 6) is 1.15. The molecule has 1 heterocycles. The van der Waals surface area contributed by atoms with Crippen LogP contribution in [0.25, 0.3) is 0 Å². The van der Waals surface area contributed by atoms with Gasteiger partial charge in [-0.05, 0) is 18.9 Å². The number of ether oxygens (including phenoxy) is 1. The Kier molecular flexibility index (Phi) is 6.63. The number of amides is 1. The van der Waals surface area contributed by atoms with Gasteiger partial charge in [0, 0.05) is 44.8 Å². The van der Waals surface area contributed by atoms with Crippen LogP contribution >= 0.6 is 0 Å². The van der Waals surface area contributed by atoms with Crippen molar-refractivity contribution in [3.63, 3.8) is 0 Å². The molecule has 134 valence electrons. The smallest absolute Gasteiger partial charge is 0.230 e. The van der Waals surface area contributed by atoms with E-state index in [4.69, 9.17) is 10.5 Å². The summed E-state index contributed by atoms with van der Waals surface area (Å²) in [6, 6.07) is 8.12. The Bertz CT molecular complexity index is 527. The molecular weight excluding hydrogens is 302 g/mol. The van der Waals surface area contributed by atoms with Gasteiger partial charge >= 0.3 is 0 Å². The van der Waals surface area contributed by atoms with Gasteiger partial charge in [0.25, 0.3) is 0 Å². The highest BCUT2D eigenvalue weighted by Gasteiger charge is 2.37. The van der Waals surface area contributed by atoms with Crippen molar-refractivity contribution in [1.82, 2.24) is 9.80 Å². The standard InChI is InChI=1S/C19H31N3O2/c1-4-19(5-2,15-20)18(23)22-12-10-21(11-13-22)14-16-8-6-7-9-17(16)24-3/h6-9H,4-5,10-15,20H2,1-3H3. The molecule has 0 aliphatic carbocycles. The van der Waals surface area contributed by atoms with E-state index in [9.17, 15) is 4.79 Å². The zero-order chi connectivity index (χ0) is 17.6. The highest BCUT2D eigenvalue weighted by molar-refractivity contribution is 5.83. The Morgan fingerprint density at radius 1 is 1.17 bits per heavy atom. The molecule has 0 aromatic heterocycles. The van der Waals surface area contributed by atoms with E-state index in [0.29, 0.717) is 6.54 Å². The number of methoxy groups -OCH3 is 1. The van der Waals surface area contributed by atoms with Gasteiger partial charge in [-0.15, -0.1) is 0 Å². The van der Waals surface area contributed by atoms with Crippen LogP contribution in [0.15, 0.2) is 24.3 Å². The third-order valence-corrected chi connectivity index (χ3v) is 5.44. The van der Waals surface area contributed by atoms with Crippen LogP contribution in [0.2, 0.25) is 0 Å². The monoisotopic (exact) mass is 333 g/mol. The summed E-state index contributed by atoms with van der Waals surface area (Å²) in [4.78, 5) is 17.3. The van der Waals surface area contributed by atoms with Crippen LogP contribution in [-0.4, -0.2) is 55.5 Å². The first-order valence-electron chi connectivity index (χ1n) is 8.94. The van der Waals surface area contributed by atoms with Crippen LogP contribution in [0.5, 0.6) is 5.75 Å². The fraction of sp³-hybridized carbons (Fsp3) is 0.632. The molecule has 1 aliphatic rings. The number of benzene rings is 1. The molecular formula is C19H31N3O2. The van der Waals surface area contributed by atoms with Crippen molar-refractivity contribution in [3.05, 3.63) is 29.8 Å². The summed E-state index contributed by atoms with van der Waals surface area (Å²) in [5.41, 5.74) is 6.73. The molecule has 0 radical (unpaired) electrons. The van der Waals surface area contributed by atoms with Crippen LogP contribution in [0.3, 0.4) is 0 Å². The summed E-state index contributed by atoms with van der Waals surface area (Å²) in [7, 11) is 1.71. The van der Waals surface area contributed by atoms with Crippen molar-refractivity contribution in [2.24, 2.45) is 11.1 Å². The first-order valence-corrected chi connectivity index (χ1v) is 8.94. The predicted molar refractivity (Wildman–Crippen MR) is 96.9 cm³/mol. The molecule has 24 heavy (non-hydrogen) atoms. The summed E-state index contributed by atoms with van der Waals surface area (Å²) in [5, 5.41) is 0. The maximum absolute atomic E-state index is 12.9. The van der Waals surface area contributed by atoms with Crippen LogP contribution in [0.1, 0.15) is 32.3 Å². The van der Waals surface area contributed by atoms with E-state index < -0.39 is 0 Å². The van der Waals surface area contributed by atoms with Gasteiger partial charge < -0.3 is 15.4 Å². The summed E-state index contributed by atoms with van der Waals surface area (Å²) in [6.45, 7) is 8.73. The van der Waals surface area contributed by atoms with Crippen LogP contribution in [-0.2, 0) is 11.3 Å². The van der Waals surface area contributed by atoms with Gasteiger partial charge in [0.2, 0.25) is 5.91 Å². The molecule has 2 N–H and O–H groups in total. The SMILES string of the molecule is CCC(CC)(CN)C(=O)N1CCN(Cc2ccccc2OC)CC1. The first kappa shape index (κ1) is 18.7. The second-order valence-corrected chi connectivity index (χ2v) is 6.57. The summed E-state index contributed by atoms with van der Waals surface area (Å²) < 4.78 is 5.43. The molecule has 1 aliphatic heterocycles. The van der Waals surface area contributed by atoms with Crippen molar-refractivity contribution >= 4 is 5.91 Å². The fourth-order valence-electron chi connectivity index (χ4n) is 3.45. The topological polar surface area (TPSA) is 58.8 Å². The van der Waals surface area contributed by atoms with Crippen molar-refractivity contribution in [3.8, 4) is 5.75 Å². The number of para-hydroxylation sites is 1. The minimum Gasteiger partial charge on any atom is -0.496 e. The molecule has 0 saturated carbocycles. The predicted octanol–water partition coefficient (Wildman–Crippen LogP) is 2.10. The number of nitrogens with two attached hydrogens (primary N) is 1. The number of nitrogens with zero attached hydrogens (tertiary/aromatic N) is 2. The lowest BCUT2D eigenvalue weighted by atomic mass is 9.81. The quantitative estimate of drug-likeness (QED) is 0.830. The highest BCUT2D eigenvalue weighted by atomic mass is 16.5. The Balaban J connectivity index is 1.95. The van der Waals surface area contributed by atoms with Crippen molar-refractivity contribution in [2.75, 3.05) is 39.8 Å². The van der Waals surface area contributed by atoms with Crippen LogP contribution < -0.4 is 10.5 Å². The second kappa shape index (κ2) is 8.49. The maximum Gasteiger partial charge on any atom is 0.230 e. The number of hydrogen-bond acceptors (Lipinski definition) is 4. The Morgan fingerprint density at radius 2 is 1.79 bits per heavy atom. The van der Waals surface area contributed by atoms with Gasteiger partial charge in [-0.3, -0.25) is 9.69 Å². The van der Waals surface area contributed by atoms with Gasteiger partial charge in [0.15, 0.2) is 0 Å². The second-order valence-electron chi connectivity index (χ2n) is 6.57. The maximum atomic E-state index is 12.9. The van der Waals surface area contributed by atoms with Crippen LogP contribution in [0.4, 0.5) is 0 Å². The van der Waals surface area contributed by atoms with Gasteiger partial charge in [-0.25, -0.2) is 0 Å². The lowest BCUT2D eigenvalue weighted by molar-refractivity contribution is -0.144. The van der Waals surface area contributed by atoms with E-state index in [0.717, 1.165) is 51.3 Å². The van der Waals surface area contributed by atoms with E-state index in [1.54, 1.807) is 7.11 Å². The third kappa shape index (κ3) is 3.90. The third-order valence-electron chi connectivity index (χ3n) is 5.44. The van der Waals surface area contributed by atoms with Crippen LogP contribution in [0, 0.1) is 5.41 Å². The zero-order valence-electron chi connectivity index (χ0n) is 15.3. The lowest BCUT2D eigenvalue weighted by Crippen LogP contribution is -2.54. The summed E-state index contributed by atoms with van der Waals surface area (Å²) in [6.07, 6.45) is 1.61. The highest BCUT2D eigenvalue weighted by Crippen LogP contribution is 2.28. The number of carbonyl (C=O) groups excluding carboxylic acids is 1. The lowest BCUT2D eigenvalue weighted by Gasteiger charge is -2.40. The molecule has 1 amide bonds. The molecule has 0 atom stereocenters. The number of hydrogen-bond donors (Lipinski definition) is 1. The Morgan fingerprint density at radius 3 is 2.33 bits per heavy atom. The molecule has 1 fully saturated rings. The number of rotatable bonds is 7. The minimum atomic E-state index is -0.384. The summed E-state index contributed by atoms with van der Waals surface area (Å²) >= 11 is 0. The molecule has 1 saturated heterocycles. The van der Waals surface area contributed by atoms with E-state index in [1.807, 2.05) is 23.1 Å². The van der Waals surface area contributed by atoms with Crippen molar-refractivity contribution in [1.29, 1.82) is 0 Å². The first-order chi connectivity index (χ1) is 11.6. The van der Waals surface area contributed by atoms with Gasteiger partial charge in [0.05, 0.1) is 12.5 Å². The molecule has 5 nitrogen and oxygen atoms in total. The van der Waals surface area contributed by atoms with E-state index in [-0.39, 0.29) is 11.3 Å². The fourth-order valence-corrected chi connectivity index (χ4v) is 3.45. The zero-order valence-corrected chi connectivity index (χ0v) is 15.3. The average Bonchev–Trinajstić information content (AvgIpc) is 2.64. The van der Waals surface area contributed by atoms with Gasteiger partial charge in [0.1, 0.15) is 5.75 Å². The number of piperazine rings is 1. The molecule has 5 heteroatoms.